The number of para-hydroxylation sites is 1. The van der Waals surface area contributed by atoms with Crippen LogP contribution in [0.25, 0.3) is 0 Å². The van der Waals surface area contributed by atoms with E-state index in [2.05, 4.69) is 20.6 Å². The molecule has 2 aromatic rings. The number of alkyl halides is 3. The van der Waals surface area contributed by atoms with Gasteiger partial charge in [0.15, 0.2) is 12.6 Å². The first kappa shape index (κ1) is 21.0. The van der Waals surface area contributed by atoms with E-state index in [-0.39, 0.29) is 5.75 Å². The summed E-state index contributed by atoms with van der Waals surface area (Å²) in [6, 6.07) is 6.63. The van der Waals surface area contributed by atoms with Gasteiger partial charge in [-0.15, -0.1) is 11.3 Å². The highest BCUT2D eigenvalue weighted by Crippen LogP contribution is 2.22. The molecule has 2 N–H and O–H groups in total. The summed E-state index contributed by atoms with van der Waals surface area (Å²) >= 11 is 1.67. The van der Waals surface area contributed by atoms with Gasteiger partial charge in [0.2, 0.25) is 0 Å². The minimum atomic E-state index is -4.37. The number of guanidine groups is 1. The zero-order chi connectivity index (χ0) is 19.9. The van der Waals surface area contributed by atoms with Crippen molar-refractivity contribution in [1.82, 2.24) is 15.6 Å². The smallest absolute Gasteiger partial charge is 0.422 e. The van der Waals surface area contributed by atoms with E-state index in [1.54, 1.807) is 36.6 Å². The Bertz CT molecular complexity index is 755. The zero-order valence-corrected chi connectivity index (χ0v) is 16.3. The van der Waals surface area contributed by atoms with Gasteiger partial charge in [0.1, 0.15) is 5.75 Å². The molecule has 0 aliphatic rings. The number of hydrogen-bond donors (Lipinski definition) is 2. The SMILES string of the molecule is CN=C(NCCc1nc(C)c(C)s1)NCc1ccccc1OCC(F)(F)F. The number of halogens is 3. The quantitative estimate of drug-likeness (QED) is 0.551. The molecule has 0 saturated heterocycles. The fraction of sp³-hybridized carbons (Fsp3) is 0.444. The molecule has 0 saturated carbocycles. The maximum atomic E-state index is 12.4. The van der Waals surface area contributed by atoms with E-state index in [1.165, 1.54) is 10.9 Å². The lowest BCUT2D eigenvalue weighted by Gasteiger charge is -2.15. The van der Waals surface area contributed by atoms with E-state index in [1.807, 2.05) is 13.8 Å². The molecule has 2 rings (SSSR count). The number of aryl methyl sites for hydroxylation is 2. The van der Waals surface area contributed by atoms with E-state index in [0.29, 0.717) is 24.6 Å². The molecule has 0 aliphatic heterocycles. The summed E-state index contributed by atoms with van der Waals surface area (Å²) in [5.41, 5.74) is 1.67. The zero-order valence-electron chi connectivity index (χ0n) is 15.5. The third-order valence-electron chi connectivity index (χ3n) is 3.74. The average molecular weight is 400 g/mol. The van der Waals surface area contributed by atoms with Gasteiger partial charge in [-0.05, 0) is 19.9 Å². The van der Waals surface area contributed by atoms with Crippen molar-refractivity contribution < 1.29 is 17.9 Å². The number of nitrogens with zero attached hydrogens (tertiary/aromatic N) is 2. The number of rotatable bonds is 7. The number of benzene rings is 1. The number of aliphatic imine (C=N–C) groups is 1. The van der Waals surface area contributed by atoms with E-state index < -0.39 is 12.8 Å². The average Bonchev–Trinajstić information content (AvgIpc) is 2.94. The van der Waals surface area contributed by atoms with Crippen molar-refractivity contribution in [3.05, 3.63) is 45.4 Å². The summed E-state index contributed by atoms with van der Waals surface area (Å²) in [5, 5.41) is 7.32. The molecule has 1 aromatic heterocycles. The minimum absolute atomic E-state index is 0.200. The van der Waals surface area contributed by atoms with Gasteiger partial charge in [-0.1, -0.05) is 18.2 Å². The molecule has 0 spiro atoms. The highest BCUT2D eigenvalue weighted by atomic mass is 32.1. The van der Waals surface area contributed by atoms with Crippen LogP contribution in [-0.2, 0) is 13.0 Å². The summed E-state index contributed by atoms with van der Waals surface area (Å²) < 4.78 is 42.0. The van der Waals surface area contributed by atoms with Gasteiger partial charge in [-0.25, -0.2) is 4.98 Å². The van der Waals surface area contributed by atoms with Crippen molar-refractivity contribution in [3.63, 3.8) is 0 Å². The monoisotopic (exact) mass is 400 g/mol. The molecule has 0 aliphatic carbocycles. The molecule has 0 radical (unpaired) electrons. The number of thiazole rings is 1. The van der Waals surface area contributed by atoms with Gasteiger partial charge in [-0.3, -0.25) is 4.99 Å². The van der Waals surface area contributed by atoms with Crippen LogP contribution in [-0.4, -0.2) is 37.3 Å². The van der Waals surface area contributed by atoms with Gasteiger partial charge >= 0.3 is 6.18 Å². The van der Waals surface area contributed by atoms with Crippen LogP contribution in [0, 0.1) is 13.8 Å². The van der Waals surface area contributed by atoms with E-state index >= 15 is 0 Å². The van der Waals surface area contributed by atoms with Crippen molar-refractivity contribution >= 4 is 17.3 Å². The van der Waals surface area contributed by atoms with Gasteiger partial charge in [-0.2, -0.15) is 13.2 Å². The summed E-state index contributed by atoms with van der Waals surface area (Å²) in [6.07, 6.45) is -3.60. The molecule has 0 unspecified atom stereocenters. The van der Waals surface area contributed by atoms with Crippen LogP contribution in [0.2, 0.25) is 0 Å². The predicted molar refractivity (Wildman–Crippen MR) is 101 cm³/mol. The molecule has 148 valence electrons. The minimum Gasteiger partial charge on any atom is -0.484 e. The molecule has 0 amide bonds. The van der Waals surface area contributed by atoms with E-state index in [0.717, 1.165) is 17.1 Å². The first-order valence-electron chi connectivity index (χ1n) is 8.43. The standard InChI is InChI=1S/C18H23F3N4OS/c1-12-13(2)27-16(25-12)8-9-23-17(22-3)24-10-14-6-4-5-7-15(14)26-11-18(19,20)21/h4-7H,8-11H2,1-3H3,(H2,22,23,24). The maximum absolute atomic E-state index is 12.4. The fourth-order valence-corrected chi connectivity index (χ4v) is 3.22. The Morgan fingerprint density at radius 3 is 2.59 bits per heavy atom. The predicted octanol–water partition coefficient (Wildman–Crippen LogP) is 3.61. The van der Waals surface area contributed by atoms with E-state index in [4.69, 9.17) is 4.74 Å². The summed E-state index contributed by atoms with van der Waals surface area (Å²) in [7, 11) is 1.64. The first-order chi connectivity index (χ1) is 12.8. The Kier molecular flexibility index (Phi) is 7.46. The lowest BCUT2D eigenvalue weighted by Crippen LogP contribution is -2.38. The lowest BCUT2D eigenvalue weighted by molar-refractivity contribution is -0.153. The van der Waals surface area contributed by atoms with Crippen LogP contribution < -0.4 is 15.4 Å². The Balaban J connectivity index is 1.85. The Morgan fingerprint density at radius 1 is 1.22 bits per heavy atom. The second kappa shape index (κ2) is 9.59. The number of nitrogens with one attached hydrogen (secondary N) is 2. The Labute approximate surface area is 160 Å². The molecular formula is C18H23F3N4OS. The molecule has 0 atom stereocenters. The van der Waals surface area contributed by atoms with Gasteiger partial charge in [0.05, 0.1) is 10.7 Å². The van der Waals surface area contributed by atoms with Crippen molar-refractivity contribution in [1.29, 1.82) is 0 Å². The topological polar surface area (TPSA) is 58.5 Å². The van der Waals surface area contributed by atoms with Crippen molar-refractivity contribution in [2.24, 2.45) is 4.99 Å². The van der Waals surface area contributed by atoms with Crippen LogP contribution in [0.15, 0.2) is 29.3 Å². The summed E-state index contributed by atoms with van der Waals surface area (Å²) in [6.45, 7) is 3.66. The Morgan fingerprint density at radius 2 is 1.96 bits per heavy atom. The molecule has 5 nitrogen and oxygen atoms in total. The van der Waals surface area contributed by atoms with Crippen LogP contribution in [0.1, 0.15) is 21.1 Å². The summed E-state index contributed by atoms with van der Waals surface area (Å²) in [4.78, 5) is 9.83. The van der Waals surface area contributed by atoms with E-state index in [9.17, 15) is 13.2 Å². The second-order valence-electron chi connectivity index (χ2n) is 5.86. The van der Waals surface area contributed by atoms with Crippen molar-refractivity contribution in [2.75, 3.05) is 20.2 Å². The van der Waals surface area contributed by atoms with Gasteiger partial charge < -0.3 is 15.4 Å². The molecule has 0 fully saturated rings. The first-order valence-corrected chi connectivity index (χ1v) is 9.25. The normalized spacial score (nSPS) is 12.1. The van der Waals surface area contributed by atoms with Crippen LogP contribution in [0.4, 0.5) is 13.2 Å². The molecule has 27 heavy (non-hydrogen) atoms. The number of hydrogen-bond acceptors (Lipinski definition) is 4. The molecular weight excluding hydrogens is 377 g/mol. The molecule has 0 bridgehead atoms. The molecule has 9 heteroatoms. The van der Waals surface area contributed by atoms with Gasteiger partial charge in [0.25, 0.3) is 0 Å². The number of ether oxygens (including phenoxy) is 1. The second-order valence-corrected chi connectivity index (χ2v) is 7.15. The lowest BCUT2D eigenvalue weighted by atomic mass is 10.2. The molecule has 1 aromatic carbocycles. The maximum Gasteiger partial charge on any atom is 0.422 e. The van der Waals surface area contributed by atoms with Crippen molar-refractivity contribution in [2.45, 2.75) is 33.0 Å². The molecule has 1 heterocycles. The number of aromatic nitrogens is 1. The summed E-state index contributed by atoms with van der Waals surface area (Å²) in [5.74, 6) is 0.761. The van der Waals surface area contributed by atoms with Crippen molar-refractivity contribution in [3.8, 4) is 5.75 Å². The van der Waals surface area contributed by atoms with Crippen LogP contribution in [0.5, 0.6) is 5.75 Å². The largest absolute Gasteiger partial charge is 0.484 e. The van der Waals surface area contributed by atoms with Crippen LogP contribution in [0.3, 0.4) is 0 Å². The fourth-order valence-electron chi connectivity index (χ4n) is 2.28. The Hall–Kier alpha value is -2.29. The van der Waals surface area contributed by atoms with Gasteiger partial charge in [0, 0.05) is 37.0 Å². The third-order valence-corrected chi connectivity index (χ3v) is 4.87. The van der Waals surface area contributed by atoms with Crippen LogP contribution >= 0.6 is 11.3 Å². The highest BCUT2D eigenvalue weighted by Gasteiger charge is 2.28. The highest BCUT2D eigenvalue weighted by molar-refractivity contribution is 7.11. The third kappa shape index (κ3) is 7.09.